The molecular formula is C20H21ClKN3O5. The zero-order valence-electron chi connectivity index (χ0n) is 17.9. The number of methoxy groups -OCH3 is 1. The van der Waals surface area contributed by atoms with Crippen LogP contribution < -0.4 is 61.4 Å². The van der Waals surface area contributed by atoms with Crippen molar-refractivity contribution in [2.75, 3.05) is 12.4 Å². The normalized spacial score (nSPS) is 10.4. The van der Waals surface area contributed by atoms with E-state index >= 15 is 0 Å². The first kappa shape index (κ1) is 24.6. The monoisotopic (exact) mass is 457 g/mol. The fourth-order valence-corrected chi connectivity index (χ4v) is 3.07. The van der Waals surface area contributed by atoms with Crippen LogP contribution in [0.5, 0.6) is 5.75 Å². The molecule has 1 aromatic carbocycles. The zero-order valence-corrected chi connectivity index (χ0v) is 20.8. The number of carbonyl (C=O) groups is 2. The molecule has 0 bridgehead atoms. The van der Waals surface area contributed by atoms with E-state index in [2.05, 4.69) is 10.5 Å². The minimum absolute atomic E-state index is 0. The van der Waals surface area contributed by atoms with Gasteiger partial charge in [0, 0.05) is 37.3 Å². The van der Waals surface area contributed by atoms with E-state index in [4.69, 9.17) is 20.9 Å². The average Bonchev–Trinajstić information content (AvgIpc) is 3.30. The van der Waals surface area contributed by atoms with Gasteiger partial charge in [-0.3, -0.25) is 4.79 Å². The molecule has 0 saturated carbocycles. The Morgan fingerprint density at radius 1 is 1.30 bits per heavy atom. The number of nitrogens with one attached hydrogen (secondary N) is 1. The van der Waals surface area contributed by atoms with Gasteiger partial charge in [0.1, 0.15) is 22.0 Å². The summed E-state index contributed by atoms with van der Waals surface area (Å²) in [6.07, 6.45) is 3.36. The molecule has 3 rings (SSSR count). The summed E-state index contributed by atoms with van der Waals surface area (Å²) >= 11 is 6.36. The van der Waals surface area contributed by atoms with Crippen LogP contribution in [0.4, 0.5) is 5.69 Å². The number of aromatic carboxylic acids is 1. The molecule has 0 aliphatic carbocycles. The number of carboxylic acid groups (broad SMARTS) is 1. The Hall–Kier alpha value is -1.62. The van der Waals surface area contributed by atoms with Gasteiger partial charge in [-0.25, -0.2) is 4.79 Å². The minimum atomic E-state index is -1.10. The molecule has 0 aliphatic rings. The first-order chi connectivity index (χ1) is 13.9. The summed E-state index contributed by atoms with van der Waals surface area (Å²) in [7, 11) is 1.58. The number of rotatable bonds is 8. The molecule has 2 N–H and O–H groups in total. The molecule has 154 valence electrons. The summed E-state index contributed by atoms with van der Waals surface area (Å²) in [5.74, 6) is -0.352. The summed E-state index contributed by atoms with van der Waals surface area (Å²) in [4.78, 5) is 23.6. The summed E-state index contributed by atoms with van der Waals surface area (Å²) in [6, 6.07) is 7.20. The van der Waals surface area contributed by atoms with Gasteiger partial charge in [0.05, 0.1) is 12.8 Å². The molecule has 0 unspecified atom stereocenters. The summed E-state index contributed by atoms with van der Waals surface area (Å²) in [5, 5.41) is 16.2. The second kappa shape index (κ2) is 11.1. The summed E-state index contributed by atoms with van der Waals surface area (Å²) in [6.45, 7) is 2.47. The van der Waals surface area contributed by atoms with Crippen LogP contribution in [0.25, 0.3) is 11.3 Å². The molecule has 2 aromatic heterocycles. The second-order valence-electron chi connectivity index (χ2n) is 6.27. The van der Waals surface area contributed by atoms with Gasteiger partial charge in [-0.1, -0.05) is 16.8 Å². The van der Waals surface area contributed by atoms with Crippen molar-refractivity contribution < 1.29 is 76.8 Å². The van der Waals surface area contributed by atoms with E-state index in [0.717, 1.165) is 5.56 Å². The van der Waals surface area contributed by atoms with Gasteiger partial charge < -0.3 is 25.7 Å². The number of hydrogen-bond acceptors (Lipinski definition) is 5. The minimum Gasteiger partial charge on any atom is -1.00 e. The number of aromatic nitrogens is 2. The molecule has 2 heterocycles. The van der Waals surface area contributed by atoms with Crippen molar-refractivity contribution in [3.8, 4) is 17.0 Å². The molecule has 0 aliphatic heterocycles. The van der Waals surface area contributed by atoms with Gasteiger partial charge >= 0.3 is 57.4 Å². The Kier molecular flexibility index (Phi) is 9.14. The standard InChI is InChI=1S/C20H20ClN3O5.K.H/c1-3-24-10-14(20(26)27)15(11-24)22-17(25)9-8-16-18(21)19(23-29-16)12-4-6-13(28-2)7-5-12;;/h4-7,10-11H,3,8-9H2,1-2H3,(H,22,25)(H,26,27);;/q;+1;-1. The smallest absolute Gasteiger partial charge is 1.00 e. The molecule has 0 fully saturated rings. The fraction of sp³-hybridized carbons (Fsp3) is 0.250. The summed E-state index contributed by atoms with van der Waals surface area (Å²) < 4.78 is 12.1. The largest absolute Gasteiger partial charge is 1.00 e. The molecule has 8 nitrogen and oxygen atoms in total. The molecule has 0 radical (unpaired) electrons. The van der Waals surface area contributed by atoms with Crippen molar-refractivity contribution in [2.45, 2.75) is 26.3 Å². The van der Waals surface area contributed by atoms with Gasteiger partial charge in [-0.15, -0.1) is 0 Å². The predicted molar refractivity (Wildman–Crippen MR) is 109 cm³/mol. The molecule has 0 atom stereocenters. The fourth-order valence-electron chi connectivity index (χ4n) is 2.80. The van der Waals surface area contributed by atoms with Crippen LogP contribution in [0.1, 0.15) is 30.9 Å². The summed E-state index contributed by atoms with van der Waals surface area (Å²) in [5.41, 5.74) is 1.55. The van der Waals surface area contributed by atoms with Crippen LogP contribution >= 0.6 is 11.6 Å². The van der Waals surface area contributed by atoms with Gasteiger partial charge in [-0.05, 0) is 31.2 Å². The topological polar surface area (TPSA) is 107 Å². The Morgan fingerprint density at radius 2 is 2.00 bits per heavy atom. The van der Waals surface area contributed by atoms with Crippen molar-refractivity contribution in [3.05, 3.63) is 53.0 Å². The number of hydrogen-bond donors (Lipinski definition) is 2. The number of anilines is 1. The van der Waals surface area contributed by atoms with Crippen LogP contribution in [-0.2, 0) is 17.8 Å². The first-order valence-electron chi connectivity index (χ1n) is 8.94. The van der Waals surface area contributed by atoms with Crippen molar-refractivity contribution in [2.24, 2.45) is 0 Å². The van der Waals surface area contributed by atoms with E-state index in [1.54, 1.807) is 30.0 Å². The number of ether oxygens (including phenoxy) is 1. The van der Waals surface area contributed by atoms with Crippen molar-refractivity contribution in [3.63, 3.8) is 0 Å². The van der Waals surface area contributed by atoms with Gasteiger partial charge in [0.15, 0.2) is 5.76 Å². The van der Waals surface area contributed by atoms with E-state index in [-0.39, 0.29) is 82.8 Å². The number of carbonyl (C=O) groups excluding carboxylic acids is 1. The number of nitrogens with zero attached hydrogens (tertiary/aromatic N) is 2. The molecule has 0 saturated heterocycles. The van der Waals surface area contributed by atoms with E-state index in [1.165, 1.54) is 6.20 Å². The van der Waals surface area contributed by atoms with Gasteiger partial charge in [-0.2, -0.15) is 0 Å². The van der Waals surface area contributed by atoms with Crippen LogP contribution in [0.2, 0.25) is 5.02 Å². The molecule has 0 spiro atoms. The van der Waals surface area contributed by atoms with Crippen LogP contribution in [0, 0.1) is 0 Å². The van der Waals surface area contributed by atoms with E-state index in [9.17, 15) is 14.7 Å². The zero-order chi connectivity index (χ0) is 21.0. The number of carboxylic acids is 1. The Balaban J connectivity index is 0.00000240. The van der Waals surface area contributed by atoms with E-state index in [0.29, 0.717) is 28.8 Å². The first-order valence-corrected chi connectivity index (χ1v) is 9.32. The van der Waals surface area contributed by atoms with E-state index in [1.807, 2.05) is 19.1 Å². The maximum Gasteiger partial charge on any atom is 1.00 e. The quantitative estimate of drug-likeness (QED) is 0.492. The maximum absolute atomic E-state index is 12.3. The molecule has 1 amide bonds. The Morgan fingerprint density at radius 3 is 2.60 bits per heavy atom. The molecule has 30 heavy (non-hydrogen) atoms. The maximum atomic E-state index is 12.3. The van der Waals surface area contributed by atoms with Crippen molar-refractivity contribution in [1.82, 2.24) is 9.72 Å². The number of amides is 1. The van der Waals surface area contributed by atoms with Gasteiger partial charge in [0.25, 0.3) is 0 Å². The van der Waals surface area contributed by atoms with Crippen LogP contribution in [0.3, 0.4) is 0 Å². The van der Waals surface area contributed by atoms with Gasteiger partial charge in [0.2, 0.25) is 5.91 Å². The number of benzene rings is 1. The SMILES string of the molecule is CCn1cc(NC(=O)CCc2onc(-c3ccc(OC)cc3)c2Cl)c(C(=O)O)c1.[H-].[K+]. The molecule has 3 aromatic rings. The van der Waals surface area contributed by atoms with E-state index < -0.39 is 5.97 Å². The third-order valence-electron chi connectivity index (χ3n) is 4.39. The third kappa shape index (κ3) is 5.74. The molecule has 10 heteroatoms. The average molecular weight is 458 g/mol. The van der Waals surface area contributed by atoms with Crippen LogP contribution in [-0.4, -0.2) is 33.8 Å². The number of halogens is 1. The van der Waals surface area contributed by atoms with Crippen molar-refractivity contribution in [1.29, 1.82) is 0 Å². The Bertz CT molecular complexity index is 1040. The Labute approximate surface area is 222 Å². The van der Waals surface area contributed by atoms with Crippen LogP contribution in [0.15, 0.2) is 41.2 Å². The third-order valence-corrected chi connectivity index (χ3v) is 4.78. The predicted octanol–water partition coefficient (Wildman–Crippen LogP) is 1.21. The number of aryl methyl sites for hydroxylation is 2. The van der Waals surface area contributed by atoms with Crippen molar-refractivity contribution >= 4 is 29.2 Å². The second-order valence-corrected chi connectivity index (χ2v) is 6.64. The molecular weight excluding hydrogens is 437 g/mol.